The van der Waals surface area contributed by atoms with Gasteiger partial charge in [-0.2, -0.15) is 0 Å². The van der Waals surface area contributed by atoms with E-state index in [2.05, 4.69) is 11.6 Å². The molecule has 0 spiro atoms. The van der Waals surface area contributed by atoms with Gasteiger partial charge in [0, 0.05) is 19.3 Å². The smallest absolute Gasteiger partial charge is 0.272 e. The average Bonchev–Trinajstić information content (AvgIpc) is 2.29. The van der Waals surface area contributed by atoms with Crippen molar-refractivity contribution in [3.8, 4) is 0 Å². The summed E-state index contributed by atoms with van der Waals surface area (Å²) in [5.41, 5.74) is 1.65. The van der Waals surface area contributed by atoms with E-state index in [4.69, 9.17) is 0 Å². The SMILES string of the molecule is C=C1CCCN(C(=O)c2ccccn2)C1. The molecule has 1 fully saturated rings. The number of piperidine rings is 1. The highest BCUT2D eigenvalue weighted by Gasteiger charge is 2.20. The normalized spacial score (nSPS) is 16.5. The van der Waals surface area contributed by atoms with Gasteiger partial charge in [0.2, 0.25) is 0 Å². The second-order valence-corrected chi connectivity index (χ2v) is 3.80. The van der Waals surface area contributed by atoms with Crippen LogP contribution in [0, 0.1) is 0 Å². The van der Waals surface area contributed by atoms with Crippen molar-refractivity contribution in [2.45, 2.75) is 12.8 Å². The van der Waals surface area contributed by atoms with E-state index in [1.807, 2.05) is 17.0 Å². The molecule has 1 aromatic heterocycles. The molecular weight excluding hydrogens is 188 g/mol. The van der Waals surface area contributed by atoms with Crippen LogP contribution in [-0.4, -0.2) is 28.9 Å². The van der Waals surface area contributed by atoms with Crippen molar-refractivity contribution < 1.29 is 4.79 Å². The first-order valence-electron chi connectivity index (χ1n) is 5.14. The Morgan fingerprint density at radius 1 is 1.47 bits per heavy atom. The summed E-state index contributed by atoms with van der Waals surface area (Å²) in [7, 11) is 0. The molecule has 1 aromatic rings. The van der Waals surface area contributed by atoms with Crippen LogP contribution in [0.2, 0.25) is 0 Å². The molecule has 3 nitrogen and oxygen atoms in total. The third kappa shape index (κ3) is 2.24. The van der Waals surface area contributed by atoms with E-state index in [0.29, 0.717) is 12.2 Å². The Bertz CT molecular complexity index is 372. The van der Waals surface area contributed by atoms with Gasteiger partial charge in [0.1, 0.15) is 5.69 Å². The molecule has 1 amide bonds. The summed E-state index contributed by atoms with van der Waals surface area (Å²) in [4.78, 5) is 17.8. The lowest BCUT2D eigenvalue weighted by Crippen LogP contribution is -2.36. The summed E-state index contributed by atoms with van der Waals surface area (Å²) in [6.07, 6.45) is 3.69. The molecule has 0 aromatic carbocycles. The molecule has 0 bridgehead atoms. The largest absolute Gasteiger partial charge is 0.333 e. The molecule has 0 radical (unpaired) electrons. The molecule has 2 heterocycles. The molecule has 2 rings (SSSR count). The number of likely N-dealkylation sites (tertiary alicyclic amines) is 1. The maximum atomic E-state index is 12.0. The summed E-state index contributed by atoms with van der Waals surface area (Å²) >= 11 is 0. The quantitative estimate of drug-likeness (QED) is 0.651. The van der Waals surface area contributed by atoms with Crippen LogP contribution < -0.4 is 0 Å². The highest BCUT2D eigenvalue weighted by atomic mass is 16.2. The molecule has 0 N–H and O–H groups in total. The van der Waals surface area contributed by atoms with Gasteiger partial charge in [-0.05, 0) is 25.0 Å². The maximum absolute atomic E-state index is 12.0. The zero-order valence-corrected chi connectivity index (χ0v) is 8.65. The van der Waals surface area contributed by atoms with Gasteiger partial charge in [0.15, 0.2) is 0 Å². The zero-order chi connectivity index (χ0) is 10.7. The van der Waals surface area contributed by atoms with E-state index in [9.17, 15) is 4.79 Å². The fourth-order valence-electron chi connectivity index (χ4n) is 1.77. The van der Waals surface area contributed by atoms with E-state index in [1.54, 1.807) is 12.3 Å². The second-order valence-electron chi connectivity index (χ2n) is 3.80. The van der Waals surface area contributed by atoms with E-state index in [-0.39, 0.29) is 5.91 Å². The van der Waals surface area contributed by atoms with Crippen molar-refractivity contribution >= 4 is 5.91 Å². The molecule has 78 valence electrons. The Morgan fingerprint density at radius 3 is 3.00 bits per heavy atom. The highest BCUT2D eigenvalue weighted by molar-refractivity contribution is 5.92. The lowest BCUT2D eigenvalue weighted by Gasteiger charge is -2.27. The number of aromatic nitrogens is 1. The van der Waals surface area contributed by atoms with Crippen molar-refractivity contribution in [3.63, 3.8) is 0 Å². The number of nitrogens with zero attached hydrogens (tertiary/aromatic N) is 2. The van der Waals surface area contributed by atoms with Crippen LogP contribution in [-0.2, 0) is 0 Å². The van der Waals surface area contributed by atoms with Gasteiger partial charge >= 0.3 is 0 Å². The number of amides is 1. The molecule has 15 heavy (non-hydrogen) atoms. The molecule has 3 heteroatoms. The van der Waals surface area contributed by atoms with Crippen LogP contribution in [0.5, 0.6) is 0 Å². The van der Waals surface area contributed by atoms with Gasteiger partial charge < -0.3 is 4.90 Å². The lowest BCUT2D eigenvalue weighted by molar-refractivity contribution is 0.0746. The highest BCUT2D eigenvalue weighted by Crippen LogP contribution is 2.15. The minimum absolute atomic E-state index is 0.0106. The van der Waals surface area contributed by atoms with Gasteiger partial charge in [0.25, 0.3) is 5.91 Å². The summed E-state index contributed by atoms with van der Waals surface area (Å²) in [5.74, 6) is 0.0106. The molecular formula is C12H14N2O. The fraction of sp³-hybridized carbons (Fsp3) is 0.333. The van der Waals surface area contributed by atoms with Crippen molar-refractivity contribution in [2.75, 3.05) is 13.1 Å². The number of rotatable bonds is 1. The molecule has 1 saturated heterocycles. The fourth-order valence-corrected chi connectivity index (χ4v) is 1.77. The van der Waals surface area contributed by atoms with E-state index in [1.165, 1.54) is 0 Å². The molecule has 1 aliphatic rings. The third-order valence-corrected chi connectivity index (χ3v) is 2.54. The number of hydrogen-bond acceptors (Lipinski definition) is 2. The number of hydrogen-bond donors (Lipinski definition) is 0. The standard InChI is InChI=1S/C12H14N2O/c1-10-5-4-8-14(9-10)12(15)11-6-2-3-7-13-11/h2-3,6-7H,1,4-5,8-9H2. The van der Waals surface area contributed by atoms with Crippen LogP contribution in [0.25, 0.3) is 0 Å². The van der Waals surface area contributed by atoms with Crippen molar-refractivity contribution in [2.24, 2.45) is 0 Å². The first-order valence-corrected chi connectivity index (χ1v) is 5.14. The first kappa shape index (κ1) is 9.90. The van der Waals surface area contributed by atoms with Crippen LogP contribution >= 0.6 is 0 Å². The van der Waals surface area contributed by atoms with Crippen molar-refractivity contribution in [3.05, 3.63) is 42.2 Å². The Kier molecular flexibility index (Phi) is 2.81. The third-order valence-electron chi connectivity index (χ3n) is 2.54. The van der Waals surface area contributed by atoms with E-state index >= 15 is 0 Å². The topological polar surface area (TPSA) is 33.2 Å². The van der Waals surface area contributed by atoms with Gasteiger partial charge in [-0.25, -0.2) is 0 Å². The van der Waals surface area contributed by atoms with Crippen LogP contribution in [0.4, 0.5) is 0 Å². The van der Waals surface area contributed by atoms with Crippen molar-refractivity contribution in [1.82, 2.24) is 9.88 Å². The number of carbonyl (C=O) groups excluding carboxylic acids is 1. The lowest BCUT2D eigenvalue weighted by atomic mass is 10.1. The predicted octanol–water partition coefficient (Wildman–Crippen LogP) is 1.87. The average molecular weight is 202 g/mol. The summed E-state index contributed by atoms with van der Waals surface area (Å²) in [6, 6.07) is 5.39. The molecule has 0 atom stereocenters. The Hall–Kier alpha value is -1.64. The van der Waals surface area contributed by atoms with Crippen LogP contribution in [0.3, 0.4) is 0 Å². The summed E-state index contributed by atoms with van der Waals surface area (Å²) in [5, 5.41) is 0. The minimum atomic E-state index is 0.0106. The zero-order valence-electron chi connectivity index (χ0n) is 8.65. The van der Waals surface area contributed by atoms with Crippen LogP contribution in [0.15, 0.2) is 36.5 Å². The maximum Gasteiger partial charge on any atom is 0.272 e. The summed E-state index contributed by atoms with van der Waals surface area (Å²) in [6.45, 7) is 5.42. The summed E-state index contributed by atoms with van der Waals surface area (Å²) < 4.78 is 0. The minimum Gasteiger partial charge on any atom is -0.333 e. The first-order chi connectivity index (χ1) is 7.27. The predicted molar refractivity (Wildman–Crippen MR) is 58.5 cm³/mol. The van der Waals surface area contributed by atoms with Gasteiger partial charge in [-0.1, -0.05) is 18.2 Å². The molecule has 0 aliphatic carbocycles. The monoisotopic (exact) mass is 202 g/mol. The Balaban J connectivity index is 2.11. The van der Waals surface area contributed by atoms with Gasteiger partial charge in [0.05, 0.1) is 0 Å². The molecule has 1 aliphatic heterocycles. The Labute approximate surface area is 89.4 Å². The molecule has 0 saturated carbocycles. The molecule has 0 unspecified atom stereocenters. The van der Waals surface area contributed by atoms with Crippen molar-refractivity contribution in [1.29, 1.82) is 0 Å². The van der Waals surface area contributed by atoms with Crippen LogP contribution in [0.1, 0.15) is 23.3 Å². The Morgan fingerprint density at radius 2 is 2.33 bits per heavy atom. The number of carbonyl (C=O) groups is 1. The number of pyridine rings is 1. The van der Waals surface area contributed by atoms with Gasteiger partial charge in [-0.3, -0.25) is 9.78 Å². The van der Waals surface area contributed by atoms with E-state index < -0.39 is 0 Å². The second kappa shape index (κ2) is 4.26. The van der Waals surface area contributed by atoms with Gasteiger partial charge in [-0.15, -0.1) is 0 Å². The van der Waals surface area contributed by atoms with E-state index in [0.717, 1.165) is 25.0 Å².